The van der Waals surface area contributed by atoms with Crippen LogP contribution in [0.4, 0.5) is 0 Å². The lowest BCUT2D eigenvalue weighted by atomic mass is 10.0. The number of amides is 1. The standard InChI is InChI=1S/C16H18N2O.ClH/c1-12-11-17-9-10-18(12)16(19)15-8-4-6-13-5-2-3-7-14(13)15;/h2-8,12,17H,9-11H2,1H3;1H. The first-order chi connectivity index (χ1) is 9.27. The molecule has 0 radical (unpaired) electrons. The number of benzene rings is 2. The molecule has 0 aliphatic carbocycles. The maximum atomic E-state index is 12.7. The molecule has 0 spiro atoms. The molecule has 0 aromatic heterocycles. The maximum absolute atomic E-state index is 12.7. The van der Waals surface area contributed by atoms with E-state index in [9.17, 15) is 4.79 Å². The second kappa shape index (κ2) is 6.25. The lowest BCUT2D eigenvalue weighted by molar-refractivity contribution is 0.0658. The Balaban J connectivity index is 0.00000147. The van der Waals surface area contributed by atoms with Gasteiger partial charge in [-0.3, -0.25) is 4.79 Å². The molecule has 1 fully saturated rings. The Morgan fingerprint density at radius 2 is 1.95 bits per heavy atom. The Bertz CT molecular complexity index is 609. The largest absolute Gasteiger partial charge is 0.333 e. The minimum Gasteiger partial charge on any atom is -0.333 e. The molecule has 1 amide bonds. The molecule has 3 nitrogen and oxygen atoms in total. The van der Waals surface area contributed by atoms with Crippen LogP contribution in [-0.2, 0) is 0 Å². The fraction of sp³-hybridized carbons (Fsp3) is 0.312. The van der Waals surface area contributed by atoms with Crippen LogP contribution in [0.15, 0.2) is 42.5 Å². The monoisotopic (exact) mass is 290 g/mol. The quantitative estimate of drug-likeness (QED) is 0.876. The lowest BCUT2D eigenvalue weighted by Gasteiger charge is -2.34. The van der Waals surface area contributed by atoms with E-state index in [2.05, 4.69) is 12.2 Å². The van der Waals surface area contributed by atoms with Gasteiger partial charge in [0.2, 0.25) is 0 Å². The Kier molecular flexibility index (Phi) is 4.63. The van der Waals surface area contributed by atoms with E-state index < -0.39 is 0 Å². The Labute approximate surface area is 125 Å². The van der Waals surface area contributed by atoms with E-state index in [1.807, 2.05) is 47.4 Å². The van der Waals surface area contributed by atoms with Crippen molar-refractivity contribution in [3.63, 3.8) is 0 Å². The molecule has 1 heterocycles. The van der Waals surface area contributed by atoms with Crippen LogP contribution >= 0.6 is 12.4 Å². The van der Waals surface area contributed by atoms with Crippen molar-refractivity contribution in [3.8, 4) is 0 Å². The van der Waals surface area contributed by atoms with Crippen molar-refractivity contribution < 1.29 is 4.79 Å². The number of nitrogens with zero attached hydrogens (tertiary/aromatic N) is 1. The summed E-state index contributed by atoms with van der Waals surface area (Å²) >= 11 is 0. The first-order valence-corrected chi connectivity index (χ1v) is 6.77. The molecule has 2 aromatic rings. The van der Waals surface area contributed by atoms with Gasteiger partial charge in [0.15, 0.2) is 0 Å². The molecule has 106 valence electrons. The van der Waals surface area contributed by atoms with Crippen molar-refractivity contribution >= 4 is 29.1 Å². The van der Waals surface area contributed by atoms with Gasteiger partial charge < -0.3 is 10.2 Å². The number of hydrogen-bond donors (Lipinski definition) is 1. The Morgan fingerprint density at radius 3 is 2.75 bits per heavy atom. The summed E-state index contributed by atoms with van der Waals surface area (Å²) in [5.74, 6) is 0.144. The predicted octanol–water partition coefficient (Wildman–Crippen LogP) is 2.70. The van der Waals surface area contributed by atoms with Crippen LogP contribution in [0.2, 0.25) is 0 Å². The van der Waals surface area contributed by atoms with Crippen LogP contribution in [-0.4, -0.2) is 36.5 Å². The Morgan fingerprint density at radius 1 is 1.20 bits per heavy atom. The average molecular weight is 291 g/mol. The van der Waals surface area contributed by atoms with E-state index in [-0.39, 0.29) is 24.4 Å². The third-order valence-electron chi connectivity index (χ3n) is 3.78. The molecule has 2 aromatic carbocycles. The summed E-state index contributed by atoms with van der Waals surface area (Å²) in [6.07, 6.45) is 0. The van der Waals surface area contributed by atoms with Crippen molar-refractivity contribution in [2.75, 3.05) is 19.6 Å². The third-order valence-corrected chi connectivity index (χ3v) is 3.78. The summed E-state index contributed by atoms with van der Waals surface area (Å²) in [4.78, 5) is 14.7. The first-order valence-electron chi connectivity index (χ1n) is 6.77. The van der Waals surface area contributed by atoms with Crippen molar-refractivity contribution in [1.29, 1.82) is 0 Å². The zero-order valence-corrected chi connectivity index (χ0v) is 12.3. The molecule has 3 rings (SSSR count). The van der Waals surface area contributed by atoms with Gasteiger partial charge in [-0.2, -0.15) is 0 Å². The lowest BCUT2D eigenvalue weighted by Crippen LogP contribution is -2.52. The third kappa shape index (κ3) is 2.65. The van der Waals surface area contributed by atoms with E-state index >= 15 is 0 Å². The van der Waals surface area contributed by atoms with Gasteiger partial charge in [0, 0.05) is 31.2 Å². The fourth-order valence-electron chi connectivity index (χ4n) is 2.71. The molecular weight excluding hydrogens is 272 g/mol. The van der Waals surface area contributed by atoms with Crippen molar-refractivity contribution in [3.05, 3.63) is 48.0 Å². The average Bonchev–Trinajstić information content (AvgIpc) is 2.46. The van der Waals surface area contributed by atoms with Gasteiger partial charge in [0.1, 0.15) is 0 Å². The molecule has 1 unspecified atom stereocenters. The van der Waals surface area contributed by atoms with Crippen LogP contribution in [0.1, 0.15) is 17.3 Å². The van der Waals surface area contributed by atoms with Gasteiger partial charge in [-0.25, -0.2) is 0 Å². The second-order valence-corrected chi connectivity index (χ2v) is 5.08. The maximum Gasteiger partial charge on any atom is 0.254 e. The zero-order chi connectivity index (χ0) is 13.2. The Hall–Kier alpha value is -1.58. The molecule has 20 heavy (non-hydrogen) atoms. The SMILES string of the molecule is CC1CNCCN1C(=O)c1cccc2ccccc12.Cl. The molecule has 1 aliphatic heterocycles. The summed E-state index contributed by atoms with van der Waals surface area (Å²) in [6.45, 7) is 4.62. The highest BCUT2D eigenvalue weighted by Crippen LogP contribution is 2.21. The van der Waals surface area contributed by atoms with E-state index in [1.165, 1.54) is 0 Å². The van der Waals surface area contributed by atoms with E-state index in [4.69, 9.17) is 0 Å². The number of nitrogens with one attached hydrogen (secondary N) is 1. The van der Waals surface area contributed by atoms with Gasteiger partial charge in [-0.1, -0.05) is 36.4 Å². The number of rotatable bonds is 1. The van der Waals surface area contributed by atoms with Crippen LogP contribution in [0, 0.1) is 0 Å². The van der Waals surface area contributed by atoms with Gasteiger partial charge in [-0.15, -0.1) is 12.4 Å². The molecule has 1 atom stereocenters. The number of fused-ring (bicyclic) bond motifs is 1. The molecule has 0 bridgehead atoms. The highest BCUT2D eigenvalue weighted by atomic mass is 35.5. The summed E-state index contributed by atoms with van der Waals surface area (Å²) in [5.41, 5.74) is 0.812. The number of carbonyl (C=O) groups excluding carboxylic acids is 1. The summed E-state index contributed by atoms with van der Waals surface area (Å²) in [7, 11) is 0. The number of carbonyl (C=O) groups is 1. The van der Waals surface area contributed by atoms with E-state index in [1.54, 1.807) is 0 Å². The van der Waals surface area contributed by atoms with Crippen LogP contribution < -0.4 is 5.32 Å². The van der Waals surface area contributed by atoms with Crippen LogP contribution in [0.25, 0.3) is 10.8 Å². The summed E-state index contributed by atoms with van der Waals surface area (Å²) in [6, 6.07) is 14.3. The molecular formula is C16H19ClN2O. The first kappa shape index (κ1) is 14.8. The van der Waals surface area contributed by atoms with Gasteiger partial charge in [0.25, 0.3) is 5.91 Å². The number of hydrogen-bond acceptors (Lipinski definition) is 2. The molecule has 1 aliphatic rings. The fourth-order valence-corrected chi connectivity index (χ4v) is 2.71. The van der Waals surface area contributed by atoms with Gasteiger partial charge >= 0.3 is 0 Å². The van der Waals surface area contributed by atoms with E-state index in [0.29, 0.717) is 0 Å². The molecule has 1 N–H and O–H groups in total. The minimum absolute atomic E-state index is 0. The normalized spacial score (nSPS) is 18.6. The minimum atomic E-state index is 0. The topological polar surface area (TPSA) is 32.3 Å². The number of piperazine rings is 1. The van der Waals surface area contributed by atoms with Crippen molar-refractivity contribution in [2.24, 2.45) is 0 Å². The highest BCUT2D eigenvalue weighted by molar-refractivity contribution is 6.07. The molecule has 1 saturated heterocycles. The van der Waals surface area contributed by atoms with Crippen molar-refractivity contribution in [1.82, 2.24) is 10.2 Å². The van der Waals surface area contributed by atoms with Gasteiger partial charge in [-0.05, 0) is 23.8 Å². The molecule has 4 heteroatoms. The summed E-state index contributed by atoms with van der Waals surface area (Å²) < 4.78 is 0. The van der Waals surface area contributed by atoms with Crippen LogP contribution in [0.5, 0.6) is 0 Å². The van der Waals surface area contributed by atoms with Crippen molar-refractivity contribution in [2.45, 2.75) is 13.0 Å². The predicted molar refractivity (Wildman–Crippen MR) is 84.6 cm³/mol. The second-order valence-electron chi connectivity index (χ2n) is 5.08. The number of halogens is 1. The van der Waals surface area contributed by atoms with E-state index in [0.717, 1.165) is 36.0 Å². The zero-order valence-electron chi connectivity index (χ0n) is 11.5. The smallest absolute Gasteiger partial charge is 0.254 e. The van der Waals surface area contributed by atoms with Gasteiger partial charge in [0.05, 0.1) is 0 Å². The summed E-state index contributed by atoms with van der Waals surface area (Å²) in [5, 5.41) is 5.48. The highest BCUT2D eigenvalue weighted by Gasteiger charge is 2.24. The van der Waals surface area contributed by atoms with Crippen LogP contribution in [0.3, 0.4) is 0 Å². The molecule has 0 saturated carbocycles.